The van der Waals surface area contributed by atoms with Crippen LogP contribution in [0.1, 0.15) is 17.5 Å². The average Bonchev–Trinajstić information content (AvgIpc) is 3.39. The van der Waals surface area contributed by atoms with E-state index in [1.165, 1.54) is 6.26 Å². The zero-order valence-electron chi connectivity index (χ0n) is 19.1. The molecule has 0 saturated carbocycles. The van der Waals surface area contributed by atoms with E-state index in [1.54, 1.807) is 24.5 Å². The van der Waals surface area contributed by atoms with Gasteiger partial charge < -0.3 is 24.4 Å². The summed E-state index contributed by atoms with van der Waals surface area (Å²) in [6.07, 6.45) is 5.12. The molecule has 33 heavy (non-hydrogen) atoms. The Morgan fingerprint density at radius 2 is 1.73 bits per heavy atom. The van der Waals surface area contributed by atoms with Gasteiger partial charge in [0.1, 0.15) is 0 Å². The molecular formula is C22H33IN8O2. The average molecular weight is 568 g/mol. The summed E-state index contributed by atoms with van der Waals surface area (Å²) in [5, 5.41) is 3.40. The molecule has 0 spiro atoms. The molecule has 0 atom stereocenters. The zero-order chi connectivity index (χ0) is 22.2. The number of anilines is 1. The van der Waals surface area contributed by atoms with E-state index in [4.69, 9.17) is 9.41 Å². The highest BCUT2D eigenvalue weighted by molar-refractivity contribution is 14.0. The second-order valence-electron chi connectivity index (χ2n) is 7.87. The molecule has 2 aliphatic rings. The van der Waals surface area contributed by atoms with Gasteiger partial charge >= 0.3 is 0 Å². The molecule has 0 radical (unpaired) electrons. The maximum atomic E-state index is 12.5. The molecule has 10 nitrogen and oxygen atoms in total. The normalized spacial score (nSPS) is 17.6. The third-order valence-corrected chi connectivity index (χ3v) is 5.82. The topological polar surface area (TPSA) is 93.3 Å². The number of aliphatic imine (C=N–C) groups is 1. The predicted molar refractivity (Wildman–Crippen MR) is 138 cm³/mol. The molecular weight excluding hydrogens is 535 g/mol. The lowest BCUT2D eigenvalue weighted by atomic mass is 10.3. The summed E-state index contributed by atoms with van der Waals surface area (Å²) in [4.78, 5) is 34.8. The van der Waals surface area contributed by atoms with Crippen LogP contribution in [-0.4, -0.2) is 109 Å². The van der Waals surface area contributed by atoms with E-state index in [0.717, 1.165) is 70.8 Å². The Balaban J connectivity index is 0.00000306. The van der Waals surface area contributed by atoms with Crippen LogP contribution in [0.2, 0.25) is 0 Å². The fraction of sp³-hybridized carbons (Fsp3) is 0.545. The number of hydrogen-bond donors (Lipinski definition) is 1. The maximum absolute atomic E-state index is 12.5. The van der Waals surface area contributed by atoms with E-state index in [2.05, 4.69) is 36.9 Å². The summed E-state index contributed by atoms with van der Waals surface area (Å²) in [7, 11) is 0. The highest BCUT2D eigenvalue weighted by Gasteiger charge is 2.25. The van der Waals surface area contributed by atoms with E-state index in [9.17, 15) is 4.79 Å². The van der Waals surface area contributed by atoms with Crippen LogP contribution >= 0.6 is 24.0 Å². The standard InChI is InChI=1S/C22H32N8O2.HI/c1-2-23-21(30-16-14-28(15-17-30)20(31)19-5-3-18-32-19)26-8-9-27-10-12-29(13-11-27)22-24-6-4-7-25-22;/h3-7,18H,2,8-17H2,1H3,(H,23,26);1H. The SMILES string of the molecule is CCNC(=NCCN1CCN(c2ncccn2)CC1)N1CCN(C(=O)c2ccco2)CC1.I. The fourth-order valence-electron chi connectivity index (χ4n) is 4.03. The minimum absolute atomic E-state index is 0. The van der Waals surface area contributed by atoms with Crippen LogP contribution in [0.5, 0.6) is 0 Å². The van der Waals surface area contributed by atoms with E-state index >= 15 is 0 Å². The lowest BCUT2D eigenvalue weighted by Crippen LogP contribution is -2.54. The molecule has 2 fully saturated rings. The number of aromatic nitrogens is 2. The third-order valence-electron chi connectivity index (χ3n) is 5.82. The van der Waals surface area contributed by atoms with Gasteiger partial charge in [0.25, 0.3) is 5.91 Å². The van der Waals surface area contributed by atoms with Gasteiger partial charge in [0.2, 0.25) is 5.95 Å². The first-order valence-electron chi connectivity index (χ1n) is 11.3. The van der Waals surface area contributed by atoms with Gasteiger partial charge in [-0.15, -0.1) is 24.0 Å². The first-order valence-corrected chi connectivity index (χ1v) is 11.3. The largest absolute Gasteiger partial charge is 0.459 e. The molecule has 1 amide bonds. The second kappa shape index (κ2) is 12.7. The van der Waals surface area contributed by atoms with Crippen LogP contribution in [0.4, 0.5) is 5.95 Å². The van der Waals surface area contributed by atoms with Gasteiger partial charge in [-0.25, -0.2) is 9.97 Å². The predicted octanol–water partition coefficient (Wildman–Crippen LogP) is 1.23. The summed E-state index contributed by atoms with van der Waals surface area (Å²) in [6.45, 7) is 11.2. The van der Waals surface area contributed by atoms with Crippen molar-refractivity contribution in [3.8, 4) is 0 Å². The molecule has 2 aromatic rings. The number of halogens is 1. The van der Waals surface area contributed by atoms with Crippen LogP contribution < -0.4 is 10.2 Å². The molecule has 4 rings (SSSR count). The van der Waals surface area contributed by atoms with Crippen molar-refractivity contribution in [3.63, 3.8) is 0 Å². The van der Waals surface area contributed by atoms with E-state index < -0.39 is 0 Å². The lowest BCUT2D eigenvalue weighted by molar-refractivity contribution is 0.0657. The quantitative estimate of drug-likeness (QED) is 0.316. The third kappa shape index (κ3) is 6.79. The molecule has 2 aromatic heterocycles. The van der Waals surface area contributed by atoms with Gasteiger partial charge in [0, 0.05) is 77.8 Å². The Morgan fingerprint density at radius 3 is 2.36 bits per heavy atom. The Labute approximate surface area is 212 Å². The van der Waals surface area contributed by atoms with Gasteiger partial charge in [-0.1, -0.05) is 0 Å². The number of carbonyl (C=O) groups excluding carboxylic acids is 1. The summed E-state index contributed by atoms with van der Waals surface area (Å²) >= 11 is 0. The number of hydrogen-bond acceptors (Lipinski definition) is 7. The number of carbonyl (C=O) groups is 1. The molecule has 0 unspecified atom stereocenters. The van der Waals surface area contributed by atoms with Crippen molar-refractivity contribution in [2.24, 2.45) is 4.99 Å². The van der Waals surface area contributed by atoms with Crippen LogP contribution in [0.3, 0.4) is 0 Å². The molecule has 4 heterocycles. The Kier molecular flexibility index (Phi) is 9.73. The van der Waals surface area contributed by atoms with Crippen molar-refractivity contribution in [1.82, 2.24) is 30.0 Å². The Morgan fingerprint density at radius 1 is 1.03 bits per heavy atom. The molecule has 2 aliphatic heterocycles. The first kappa shape index (κ1) is 25.2. The Bertz CT molecular complexity index is 864. The summed E-state index contributed by atoms with van der Waals surface area (Å²) < 4.78 is 5.25. The smallest absolute Gasteiger partial charge is 0.289 e. The van der Waals surface area contributed by atoms with Crippen molar-refractivity contribution in [3.05, 3.63) is 42.6 Å². The van der Waals surface area contributed by atoms with Crippen LogP contribution in [0, 0.1) is 0 Å². The number of guanidine groups is 1. The Hall–Kier alpha value is -2.41. The maximum Gasteiger partial charge on any atom is 0.289 e. The van der Waals surface area contributed by atoms with Gasteiger partial charge in [-0.2, -0.15) is 0 Å². The van der Waals surface area contributed by atoms with Crippen molar-refractivity contribution in [2.75, 3.05) is 76.9 Å². The molecule has 2 saturated heterocycles. The first-order chi connectivity index (χ1) is 15.7. The summed E-state index contributed by atoms with van der Waals surface area (Å²) in [5.41, 5.74) is 0. The van der Waals surface area contributed by atoms with Gasteiger partial charge in [0.05, 0.1) is 12.8 Å². The minimum Gasteiger partial charge on any atom is -0.459 e. The minimum atomic E-state index is -0.0448. The van der Waals surface area contributed by atoms with Crippen molar-refractivity contribution < 1.29 is 9.21 Å². The van der Waals surface area contributed by atoms with E-state index in [-0.39, 0.29) is 29.9 Å². The number of nitrogens with zero attached hydrogens (tertiary/aromatic N) is 7. The van der Waals surface area contributed by atoms with Crippen LogP contribution in [-0.2, 0) is 0 Å². The fourth-order valence-corrected chi connectivity index (χ4v) is 4.03. The molecule has 0 bridgehead atoms. The number of rotatable bonds is 6. The number of nitrogens with one attached hydrogen (secondary N) is 1. The molecule has 1 N–H and O–H groups in total. The number of amides is 1. The summed E-state index contributed by atoms with van der Waals surface area (Å²) in [6, 6.07) is 5.30. The molecule has 0 aromatic carbocycles. The highest BCUT2D eigenvalue weighted by atomic mass is 127. The monoisotopic (exact) mass is 568 g/mol. The molecule has 0 aliphatic carbocycles. The lowest BCUT2D eigenvalue weighted by Gasteiger charge is -2.36. The van der Waals surface area contributed by atoms with Crippen molar-refractivity contribution in [2.45, 2.75) is 6.92 Å². The second-order valence-corrected chi connectivity index (χ2v) is 7.87. The molecule has 11 heteroatoms. The van der Waals surface area contributed by atoms with Crippen LogP contribution in [0.15, 0.2) is 46.3 Å². The van der Waals surface area contributed by atoms with Gasteiger partial charge in [0.15, 0.2) is 11.7 Å². The van der Waals surface area contributed by atoms with E-state index in [1.807, 2.05) is 11.0 Å². The van der Waals surface area contributed by atoms with E-state index in [0.29, 0.717) is 18.8 Å². The molecule has 180 valence electrons. The zero-order valence-corrected chi connectivity index (χ0v) is 21.4. The number of piperazine rings is 2. The summed E-state index contributed by atoms with van der Waals surface area (Å²) in [5.74, 6) is 2.09. The van der Waals surface area contributed by atoms with Crippen LogP contribution in [0.25, 0.3) is 0 Å². The van der Waals surface area contributed by atoms with Gasteiger partial charge in [-0.3, -0.25) is 14.7 Å². The van der Waals surface area contributed by atoms with Crippen molar-refractivity contribution in [1.29, 1.82) is 0 Å². The van der Waals surface area contributed by atoms with Gasteiger partial charge in [-0.05, 0) is 25.1 Å². The highest BCUT2D eigenvalue weighted by Crippen LogP contribution is 2.11. The number of furan rings is 1. The van der Waals surface area contributed by atoms with Crippen molar-refractivity contribution >= 4 is 41.8 Å².